The first-order valence-corrected chi connectivity index (χ1v) is 12.5. The van der Waals surface area contributed by atoms with Gasteiger partial charge in [-0.3, -0.25) is 4.79 Å². The molecule has 35 heavy (non-hydrogen) atoms. The lowest BCUT2D eigenvalue weighted by Crippen LogP contribution is -2.57. The maximum atomic E-state index is 14.8. The molecule has 0 radical (unpaired) electrons. The first-order chi connectivity index (χ1) is 16.3. The van der Waals surface area contributed by atoms with E-state index in [0.29, 0.717) is 37.7 Å². The molecule has 2 aromatic rings. The minimum absolute atomic E-state index is 0. The third-order valence-corrected chi connectivity index (χ3v) is 8.33. The first-order valence-electron chi connectivity index (χ1n) is 12.5. The van der Waals surface area contributed by atoms with E-state index >= 15 is 0 Å². The van der Waals surface area contributed by atoms with Crippen LogP contribution in [0, 0.1) is 35.3 Å². The summed E-state index contributed by atoms with van der Waals surface area (Å²) in [7, 11) is 0. The topological polar surface area (TPSA) is 43.8 Å². The van der Waals surface area contributed by atoms with Crippen LogP contribution >= 0.6 is 12.4 Å². The fourth-order valence-corrected chi connectivity index (χ4v) is 6.26. The van der Waals surface area contributed by atoms with Gasteiger partial charge in [0.1, 0.15) is 11.6 Å². The van der Waals surface area contributed by atoms with E-state index in [1.54, 1.807) is 0 Å². The number of hydrogen-bond acceptors (Lipinski definition) is 3. The molecule has 3 fully saturated rings. The number of nitrogens with zero attached hydrogens (tertiary/aromatic N) is 2. The van der Waals surface area contributed by atoms with Crippen LogP contribution in [0.15, 0.2) is 48.5 Å². The van der Waals surface area contributed by atoms with Crippen molar-refractivity contribution >= 4 is 18.3 Å². The zero-order valence-electron chi connectivity index (χ0n) is 20.4. The summed E-state index contributed by atoms with van der Waals surface area (Å²) in [5.41, 5.74) is 0.301. The minimum Gasteiger partial charge on any atom is -0.384 e. The number of rotatable bonds is 5. The van der Waals surface area contributed by atoms with Crippen molar-refractivity contribution in [1.29, 1.82) is 0 Å². The van der Waals surface area contributed by atoms with Crippen LogP contribution in [0.3, 0.4) is 0 Å². The van der Waals surface area contributed by atoms with E-state index in [0.717, 1.165) is 18.2 Å². The van der Waals surface area contributed by atoms with Crippen molar-refractivity contribution in [3.63, 3.8) is 0 Å². The summed E-state index contributed by atoms with van der Waals surface area (Å²) in [5, 5.41) is 11.7. The summed E-state index contributed by atoms with van der Waals surface area (Å²) < 4.78 is 28.4. The van der Waals surface area contributed by atoms with Crippen LogP contribution in [-0.4, -0.2) is 53.5 Å². The second-order valence-corrected chi connectivity index (χ2v) is 10.8. The van der Waals surface area contributed by atoms with Crippen molar-refractivity contribution in [3.05, 3.63) is 71.3 Å². The van der Waals surface area contributed by atoms with Crippen molar-refractivity contribution in [1.82, 2.24) is 9.80 Å². The monoisotopic (exact) mass is 504 g/mol. The zero-order valence-corrected chi connectivity index (χ0v) is 21.2. The Kier molecular flexibility index (Phi) is 7.56. The Morgan fingerprint density at radius 1 is 1.00 bits per heavy atom. The summed E-state index contributed by atoms with van der Waals surface area (Å²) in [5.74, 6) is -1.45. The molecule has 4 nitrogen and oxygen atoms in total. The maximum absolute atomic E-state index is 14.8. The number of aliphatic hydroxyl groups is 1. The molecule has 1 N–H and O–H groups in total. The highest BCUT2D eigenvalue weighted by atomic mass is 35.5. The Hall–Kier alpha value is -2.02. The van der Waals surface area contributed by atoms with E-state index in [1.807, 2.05) is 49.1 Å². The van der Waals surface area contributed by atoms with Gasteiger partial charge in [-0.15, -0.1) is 12.4 Å². The van der Waals surface area contributed by atoms with Crippen molar-refractivity contribution in [2.24, 2.45) is 23.7 Å². The number of carbonyl (C=O) groups is 1. The van der Waals surface area contributed by atoms with Gasteiger partial charge in [-0.05, 0) is 36.0 Å². The minimum atomic E-state index is -1.01. The molecule has 1 unspecified atom stereocenters. The third-order valence-electron chi connectivity index (χ3n) is 8.33. The summed E-state index contributed by atoms with van der Waals surface area (Å²) in [6, 6.07) is 13.4. The molecule has 2 heterocycles. The average Bonchev–Trinajstić information content (AvgIpc) is 3.54. The van der Waals surface area contributed by atoms with Crippen molar-refractivity contribution in [3.8, 4) is 0 Å². The number of amides is 1. The molecule has 2 aliphatic heterocycles. The molecule has 190 valence electrons. The van der Waals surface area contributed by atoms with E-state index in [1.165, 1.54) is 25.0 Å². The lowest BCUT2D eigenvalue weighted by atomic mass is 9.70. The zero-order chi connectivity index (χ0) is 24.0. The van der Waals surface area contributed by atoms with Crippen molar-refractivity contribution < 1.29 is 18.7 Å². The molecule has 2 aromatic carbocycles. The second kappa shape index (κ2) is 10.2. The van der Waals surface area contributed by atoms with Crippen LogP contribution in [0.4, 0.5) is 8.78 Å². The number of halogens is 3. The molecule has 5 rings (SSSR count). The molecule has 3 aliphatic rings. The van der Waals surface area contributed by atoms with Gasteiger partial charge in [0.25, 0.3) is 0 Å². The van der Waals surface area contributed by atoms with E-state index in [9.17, 15) is 18.7 Å². The van der Waals surface area contributed by atoms with Gasteiger partial charge in [-0.1, -0.05) is 50.2 Å². The number of benzene rings is 2. The largest absolute Gasteiger partial charge is 0.384 e. The summed E-state index contributed by atoms with van der Waals surface area (Å²) in [6.45, 7) is 7.03. The molecule has 2 saturated heterocycles. The van der Waals surface area contributed by atoms with Gasteiger partial charge in [0.15, 0.2) is 0 Å². The van der Waals surface area contributed by atoms with Crippen LogP contribution in [-0.2, 0) is 10.4 Å². The Morgan fingerprint density at radius 2 is 1.66 bits per heavy atom. The lowest BCUT2D eigenvalue weighted by Gasteiger charge is -2.48. The number of likely N-dealkylation sites (tertiary alicyclic amines) is 2. The summed E-state index contributed by atoms with van der Waals surface area (Å²) in [4.78, 5) is 18.0. The predicted octanol–water partition coefficient (Wildman–Crippen LogP) is 4.81. The van der Waals surface area contributed by atoms with E-state index in [4.69, 9.17) is 0 Å². The highest BCUT2D eigenvalue weighted by molar-refractivity contribution is 5.85. The van der Waals surface area contributed by atoms with Gasteiger partial charge in [-0.25, -0.2) is 8.78 Å². The first kappa shape index (κ1) is 26.1. The maximum Gasteiger partial charge on any atom is 0.227 e. The Labute approximate surface area is 212 Å². The van der Waals surface area contributed by atoms with Crippen LogP contribution < -0.4 is 0 Å². The molecule has 7 heteroatoms. The van der Waals surface area contributed by atoms with E-state index in [-0.39, 0.29) is 42.0 Å². The normalized spacial score (nSPS) is 31.3. The number of hydrogen-bond donors (Lipinski definition) is 1. The highest BCUT2D eigenvalue weighted by Gasteiger charge is 2.49. The molecule has 0 spiro atoms. The van der Waals surface area contributed by atoms with E-state index < -0.39 is 17.2 Å². The van der Waals surface area contributed by atoms with Gasteiger partial charge < -0.3 is 14.9 Å². The van der Waals surface area contributed by atoms with Gasteiger partial charge in [0.2, 0.25) is 5.91 Å². The Bertz CT molecular complexity index is 1040. The average molecular weight is 505 g/mol. The standard InChI is InChI=1S/C28H34F2N2O2.ClH/c1-18-13-32(14-19(2)28(18,34)21-6-4-3-5-7-21)27(33)25-17-31(15-20-8-9-20)16-24(25)23-11-10-22(29)12-26(23)30;/h3-7,10-12,18-20,24-25,34H,8-9,13-17H2,1-2H3;1H/t18-,19+,24-,25+,28?;/m0./s1. The van der Waals surface area contributed by atoms with Crippen molar-refractivity contribution in [2.75, 3.05) is 32.7 Å². The van der Waals surface area contributed by atoms with Crippen LogP contribution in [0.2, 0.25) is 0 Å². The molecule has 5 atom stereocenters. The number of piperidine rings is 1. The lowest BCUT2D eigenvalue weighted by molar-refractivity contribution is -0.152. The second-order valence-electron chi connectivity index (χ2n) is 10.8. The van der Waals surface area contributed by atoms with Gasteiger partial charge in [-0.2, -0.15) is 0 Å². The Morgan fingerprint density at radius 3 is 2.26 bits per heavy atom. The molecule has 1 amide bonds. The van der Waals surface area contributed by atoms with Gasteiger partial charge in [0, 0.05) is 56.5 Å². The molecular formula is C28H35ClF2N2O2. The summed E-state index contributed by atoms with van der Waals surface area (Å²) >= 11 is 0. The quantitative estimate of drug-likeness (QED) is 0.635. The van der Waals surface area contributed by atoms with Gasteiger partial charge in [0.05, 0.1) is 11.5 Å². The predicted molar refractivity (Wildman–Crippen MR) is 134 cm³/mol. The van der Waals surface area contributed by atoms with E-state index in [2.05, 4.69) is 4.90 Å². The van der Waals surface area contributed by atoms with Gasteiger partial charge >= 0.3 is 0 Å². The van der Waals surface area contributed by atoms with Crippen LogP contribution in [0.1, 0.15) is 43.7 Å². The molecule has 0 aromatic heterocycles. The fraction of sp³-hybridized carbons (Fsp3) is 0.536. The molecule has 1 aliphatic carbocycles. The molecule has 0 bridgehead atoms. The highest BCUT2D eigenvalue weighted by Crippen LogP contribution is 2.43. The Balaban J connectivity index is 0.00000289. The number of carbonyl (C=O) groups excluding carboxylic acids is 1. The smallest absolute Gasteiger partial charge is 0.227 e. The fourth-order valence-electron chi connectivity index (χ4n) is 6.26. The molecular weight excluding hydrogens is 470 g/mol. The molecule has 1 saturated carbocycles. The van der Waals surface area contributed by atoms with Crippen LogP contribution in [0.5, 0.6) is 0 Å². The van der Waals surface area contributed by atoms with Crippen LogP contribution in [0.25, 0.3) is 0 Å². The van der Waals surface area contributed by atoms with Crippen molar-refractivity contribution in [2.45, 2.75) is 38.2 Å². The third kappa shape index (κ3) is 4.98. The SMILES string of the molecule is C[C@@H]1CN(C(=O)[C@@H]2CN(CC3CC3)C[C@H]2c2ccc(F)cc2F)C[C@H](C)C1(O)c1ccccc1.Cl. The summed E-state index contributed by atoms with van der Waals surface area (Å²) in [6.07, 6.45) is 2.42.